The molecule has 1 aromatic heterocycles. The summed E-state index contributed by atoms with van der Waals surface area (Å²) in [5.74, 6) is 0.942. The van der Waals surface area contributed by atoms with Crippen LogP contribution in [0.2, 0.25) is 0 Å². The molecule has 1 aliphatic rings. The second kappa shape index (κ2) is 9.45. The van der Waals surface area contributed by atoms with Gasteiger partial charge in [0.05, 0.1) is 18.9 Å². The lowest BCUT2D eigenvalue weighted by Gasteiger charge is -2.26. The van der Waals surface area contributed by atoms with Crippen molar-refractivity contribution in [3.8, 4) is 11.3 Å². The Balaban J connectivity index is 1.51. The van der Waals surface area contributed by atoms with E-state index >= 15 is 0 Å². The zero-order valence-corrected chi connectivity index (χ0v) is 16.1. The Hall–Kier alpha value is -3.03. The van der Waals surface area contributed by atoms with Gasteiger partial charge in [-0.1, -0.05) is 30.3 Å². The first-order valence-corrected chi connectivity index (χ1v) is 9.77. The van der Waals surface area contributed by atoms with E-state index < -0.39 is 0 Å². The molecule has 1 saturated heterocycles. The Morgan fingerprint density at radius 2 is 1.72 bits per heavy atom. The van der Waals surface area contributed by atoms with Gasteiger partial charge in [0.2, 0.25) is 5.95 Å². The van der Waals surface area contributed by atoms with Crippen molar-refractivity contribution in [3.63, 3.8) is 0 Å². The summed E-state index contributed by atoms with van der Waals surface area (Å²) in [6.45, 7) is 5.11. The molecule has 2 heterocycles. The number of aromatic nitrogens is 2. The lowest BCUT2D eigenvalue weighted by Crippen LogP contribution is -2.39. The number of nitrogens with zero attached hydrogens (tertiary/aromatic N) is 3. The van der Waals surface area contributed by atoms with E-state index in [9.17, 15) is 4.39 Å². The van der Waals surface area contributed by atoms with E-state index in [1.54, 1.807) is 12.1 Å². The van der Waals surface area contributed by atoms with Gasteiger partial charge >= 0.3 is 0 Å². The number of ether oxygens (including phenoxy) is 1. The summed E-state index contributed by atoms with van der Waals surface area (Å²) < 4.78 is 18.6. The largest absolute Gasteiger partial charge is 0.379 e. The Labute approximate surface area is 169 Å². The van der Waals surface area contributed by atoms with Crippen LogP contribution < -0.4 is 10.6 Å². The van der Waals surface area contributed by atoms with Gasteiger partial charge in [0.15, 0.2) is 0 Å². The quantitative estimate of drug-likeness (QED) is 0.637. The van der Waals surface area contributed by atoms with Gasteiger partial charge in [-0.3, -0.25) is 4.90 Å². The molecule has 1 fully saturated rings. The number of nitrogens with one attached hydrogen (secondary N) is 2. The highest BCUT2D eigenvalue weighted by Gasteiger charge is 2.11. The van der Waals surface area contributed by atoms with Gasteiger partial charge < -0.3 is 15.4 Å². The molecular weight excluding hydrogens is 369 g/mol. The molecule has 0 unspecified atom stereocenters. The van der Waals surface area contributed by atoms with Gasteiger partial charge in [-0.25, -0.2) is 9.37 Å². The molecule has 0 aliphatic carbocycles. The molecule has 0 amide bonds. The molecule has 0 radical (unpaired) electrons. The molecular formula is C22H24FN5O. The predicted molar refractivity (Wildman–Crippen MR) is 113 cm³/mol. The standard InChI is InChI=1S/C22H24FN5O/c23-18-6-8-19(9-7-18)25-21-16-20(17-4-2-1-3-5-17)26-22(27-21)24-10-11-28-12-14-29-15-13-28/h1-9,16H,10-15H2,(H2,24,25,26,27). The maximum absolute atomic E-state index is 13.2. The topological polar surface area (TPSA) is 62.3 Å². The molecule has 7 heteroatoms. The van der Waals surface area contributed by atoms with Crippen LogP contribution in [0, 0.1) is 5.82 Å². The van der Waals surface area contributed by atoms with Crippen molar-refractivity contribution < 1.29 is 9.13 Å². The summed E-state index contributed by atoms with van der Waals surface area (Å²) >= 11 is 0. The number of hydrogen-bond donors (Lipinski definition) is 2. The molecule has 150 valence electrons. The molecule has 2 N–H and O–H groups in total. The summed E-state index contributed by atoms with van der Waals surface area (Å²) in [6, 6.07) is 18.1. The second-order valence-electron chi connectivity index (χ2n) is 6.84. The fraction of sp³-hybridized carbons (Fsp3) is 0.273. The summed E-state index contributed by atoms with van der Waals surface area (Å²) in [7, 11) is 0. The fourth-order valence-corrected chi connectivity index (χ4v) is 3.18. The van der Waals surface area contributed by atoms with Crippen LogP contribution in [0.25, 0.3) is 11.3 Å². The maximum atomic E-state index is 13.2. The van der Waals surface area contributed by atoms with Crippen molar-refractivity contribution >= 4 is 17.5 Å². The second-order valence-corrected chi connectivity index (χ2v) is 6.84. The molecule has 0 saturated carbocycles. The summed E-state index contributed by atoms with van der Waals surface area (Å²) in [5, 5.41) is 6.57. The van der Waals surface area contributed by atoms with E-state index in [-0.39, 0.29) is 5.82 Å². The molecule has 3 aromatic rings. The van der Waals surface area contributed by atoms with Crippen LogP contribution >= 0.6 is 0 Å². The molecule has 1 aliphatic heterocycles. The van der Waals surface area contributed by atoms with E-state index in [0.29, 0.717) is 11.8 Å². The van der Waals surface area contributed by atoms with E-state index in [2.05, 4.69) is 25.5 Å². The number of morpholine rings is 1. The van der Waals surface area contributed by atoms with Crippen molar-refractivity contribution in [2.24, 2.45) is 0 Å². The average molecular weight is 393 g/mol. The minimum Gasteiger partial charge on any atom is -0.379 e. The first-order valence-electron chi connectivity index (χ1n) is 9.77. The van der Waals surface area contributed by atoms with Crippen LogP contribution in [0.3, 0.4) is 0 Å². The van der Waals surface area contributed by atoms with E-state index in [1.807, 2.05) is 36.4 Å². The average Bonchev–Trinajstić information content (AvgIpc) is 2.77. The summed E-state index contributed by atoms with van der Waals surface area (Å²) in [4.78, 5) is 11.6. The minimum atomic E-state index is -0.270. The lowest BCUT2D eigenvalue weighted by molar-refractivity contribution is 0.0398. The van der Waals surface area contributed by atoms with Gasteiger partial charge in [-0.2, -0.15) is 4.98 Å². The molecule has 6 nitrogen and oxygen atoms in total. The van der Waals surface area contributed by atoms with Crippen molar-refractivity contribution in [1.29, 1.82) is 0 Å². The van der Waals surface area contributed by atoms with Gasteiger partial charge in [0, 0.05) is 43.5 Å². The van der Waals surface area contributed by atoms with Gasteiger partial charge in [0.1, 0.15) is 11.6 Å². The minimum absolute atomic E-state index is 0.270. The Morgan fingerprint density at radius 1 is 0.966 bits per heavy atom. The summed E-state index contributed by atoms with van der Waals surface area (Å²) in [5.41, 5.74) is 2.59. The number of halogens is 1. The zero-order valence-electron chi connectivity index (χ0n) is 16.1. The van der Waals surface area contributed by atoms with Crippen molar-refractivity contribution in [1.82, 2.24) is 14.9 Å². The van der Waals surface area contributed by atoms with Crippen LogP contribution in [0.4, 0.5) is 21.8 Å². The number of anilines is 3. The normalized spacial score (nSPS) is 14.5. The highest BCUT2D eigenvalue weighted by atomic mass is 19.1. The van der Waals surface area contributed by atoms with E-state index in [1.165, 1.54) is 12.1 Å². The Kier molecular flexibility index (Phi) is 6.29. The maximum Gasteiger partial charge on any atom is 0.225 e. The molecule has 0 bridgehead atoms. The first kappa shape index (κ1) is 19.3. The van der Waals surface area contributed by atoms with Crippen LogP contribution in [-0.4, -0.2) is 54.3 Å². The van der Waals surface area contributed by atoms with Crippen LogP contribution in [-0.2, 0) is 4.74 Å². The zero-order chi connectivity index (χ0) is 19.9. The highest BCUT2D eigenvalue weighted by molar-refractivity contribution is 5.67. The Morgan fingerprint density at radius 3 is 2.48 bits per heavy atom. The fourth-order valence-electron chi connectivity index (χ4n) is 3.18. The molecule has 29 heavy (non-hydrogen) atoms. The van der Waals surface area contributed by atoms with Gasteiger partial charge in [-0.05, 0) is 24.3 Å². The van der Waals surface area contributed by atoms with E-state index in [4.69, 9.17) is 4.74 Å². The number of hydrogen-bond acceptors (Lipinski definition) is 6. The SMILES string of the molecule is Fc1ccc(Nc2cc(-c3ccccc3)nc(NCCN3CCOCC3)n2)cc1. The van der Waals surface area contributed by atoms with Crippen molar-refractivity contribution in [2.75, 3.05) is 50.0 Å². The van der Waals surface area contributed by atoms with Gasteiger partial charge in [-0.15, -0.1) is 0 Å². The molecule has 2 aromatic carbocycles. The smallest absolute Gasteiger partial charge is 0.225 e. The molecule has 4 rings (SSSR count). The lowest BCUT2D eigenvalue weighted by atomic mass is 10.1. The van der Waals surface area contributed by atoms with Gasteiger partial charge in [0.25, 0.3) is 0 Å². The number of rotatable bonds is 7. The molecule has 0 atom stereocenters. The third kappa shape index (κ3) is 5.49. The Bertz CT molecular complexity index is 914. The van der Waals surface area contributed by atoms with Crippen LogP contribution in [0.1, 0.15) is 0 Å². The number of benzene rings is 2. The third-order valence-electron chi connectivity index (χ3n) is 4.73. The van der Waals surface area contributed by atoms with Crippen LogP contribution in [0.5, 0.6) is 0 Å². The third-order valence-corrected chi connectivity index (χ3v) is 4.73. The highest BCUT2D eigenvalue weighted by Crippen LogP contribution is 2.23. The van der Waals surface area contributed by atoms with Crippen molar-refractivity contribution in [2.45, 2.75) is 0 Å². The first-order chi connectivity index (χ1) is 14.3. The van der Waals surface area contributed by atoms with Crippen molar-refractivity contribution in [3.05, 3.63) is 66.5 Å². The monoisotopic (exact) mass is 393 g/mol. The summed E-state index contributed by atoms with van der Waals surface area (Å²) in [6.07, 6.45) is 0. The predicted octanol–water partition coefficient (Wildman–Crippen LogP) is 3.77. The van der Waals surface area contributed by atoms with Crippen LogP contribution in [0.15, 0.2) is 60.7 Å². The molecule has 0 spiro atoms. The van der Waals surface area contributed by atoms with E-state index in [0.717, 1.165) is 56.3 Å².